The van der Waals surface area contributed by atoms with E-state index >= 15 is 0 Å². The lowest BCUT2D eigenvalue weighted by atomic mass is 10.1. The van der Waals surface area contributed by atoms with Gasteiger partial charge in [-0.3, -0.25) is 9.78 Å². The summed E-state index contributed by atoms with van der Waals surface area (Å²) in [6.07, 6.45) is 1.52. The van der Waals surface area contributed by atoms with E-state index < -0.39 is 5.82 Å². The van der Waals surface area contributed by atoms with Crippen LogP contribution in [0.15, 0.2) is 36.5 Å². The van der Waals surface area contributed by atoms with Gasteiger partial charge in [-0.15, -0.1) is 0 Å². The second-order valence-electron chi connectivity index (χ2n) is 4.96. The highest BCUT2D eigenvalue weighted by Gasteiger charge is 2.19. The van der Waals surface area contributed by atoms with Crippen molar-refractivity contribution in [2.24, 2.45) is 0 Å². The minimum Gasteiger partial charge on any atom is -0.378 e. The number of morpholine rings is 1. The van der Waals surface area contributed by atoms with Crippen LogP contribution < -0.4 is 0 Å². The fraction of sp³-hybridized carbons (Fsp3) is 0.250. The van der Waals surface area contributed by atoms with Gasteiger partial charge in [0.25, 0.3) is 5.91 Å². The molecule has 6 heteroatoms. The maximum atomic E-state index is 13.1. The highest BCUT2D eigenvalue weighted by Crippen LogP contribution is 2.27. The lowest BCUT2D eigenvalue weighted by Gasteiger charge is -2.26. The lowest BCUT2D eigenvalue weighted by molar-refractivity contribution is 0.0302. The Bertz CT molecular complexity index is 685. The second-order valence-corrected chi connectivity index (χ2v) is 5.37. The summed E-state index contributed by atoms with van der Waals surface area (Å²) >= 11 is 6.02. The van der Waals surface area contributed by atoms with Crippen molar-refractivity contribution in [3.63, 3.8) is 0 Å². The van der Waals surface area contributed by atoms with Crippen LogP contribution in [0.25, 0.3) is 11.3 Å². The van der Waals surface area contributed by atoms with Gasteiger partial charge in [0.15, 0.2) is 0 Å². The molecule has 0 radical (unpaired) electrons. The van der Waals surface area contributed by atoms with Crippen molar-refractivity contribution in [2.45, 2.75) is 0 Å². The number of hydrogen-bond donors (Lipinski definition) is 0. The Morgan fingerprint density at radius 3 is 2.64 bits per heavy atom. The summed E-state index contributed by atoms with van der Waals surface area (Å²) in [5.74, 6) is -0.458. The average molecular weight is 321 g/mol. The first-order valence-electron chi connectivity index (χ1n) is 6.93. The van der Waals surface area contributed by atoms with Crippen molar-refractivity contribution in [1.82, 2.24) is 9.88 Å². The van der Waals surface area contributed by atoms with Gasteiger partial charge in [-0.1, -0.05) is 11.6 Å². The summed E-state index contributed by atoms with van der Waals surface area (Å²) in [7, 11) is 0. The smallest absolute Gasteiger partial charge is 0.255 e. The van der Waals surface area contributed by atoms with Gasteiger partial charge in [0.1, 0.15) is 5.82 Å². The molecule has 1 aromatic carbocycles. The topological polar surface area (TPSA) is 42.4 Å². The van der Waals surface area contributed by atoms with Gasteiger partial charge in [-0.05, 0) is 30.3 Å². The zero-order chi connectivity index (χ0) is 15.5. The van der Waals surface area contributed by atoms with Crippen molar-refractivity contribution in [3.05, 3.63) is 52.9 Å². The van der Waals surface area contributed by atoms with Crippen molar-refractivity contribution in [3.8, 4) is 11.3 Å². The third kappa shape index (κ3) is 3.10. The number of benzene rings is 1. The highest BCUT2D eigenvalue weighted by atomic mass is 35.5. The van der Waals surface area contributed by atoms with Gasteiger partial charge in [-0.25, -0.2) is 4.39 Å². The molecule has 114 valence electrons. The Morgan fingerprint density at radius 2 is 2.00 bits per heavy atom. The van der Waals surface area contributed by atoms with E-state index in [0.29, 0.717) is 48.1 Å². The van der Waals surface area contributed by atoms with Crippen molar-refractivity contribution in [2.75, 3.05) is 26.3 Å². The van der Waals surface area contributed by atoms with Crippen molar-refractivity contribution < 1.29 is 13.9 Å². The molecule has 1 aromatic heterocycles. The summed E-state index contributed by atoms with van der Waals surface area (Å²) in [4.78, 5) is 18.3. The fourth-order valence-electron chi connectivity index (χ4n) is 2.33. The van der Waals surface area contributed by atoms with Crippen LogP contribution in [-0.4, -0.2) is 42.1 Å². The van der Waals surface area contributed by atoms with Crippen LogP contribution in [0.4, 0.5) is 4.39 Å². The molecule has 22 heavy (non-hydrogen) atoms. The van der Waals surface area contributed by atoms with Crippen molar-refractivity contribution >= 4 is 17.5 Å². The molecular weight excluding hydrogens is 307 g/mol. The number of pyridine rings is 1. The van der Waals surface area contributed by atoms with E-state index in [4.69, 9.17) is 16.3 Å². The van der Waals surface area contributed by atoms with E-state index in [2.05, 4.69) is 4.98 Å². The standard InChI is InChI=1S/C16H14ClFN2O2/c17-14-9-12(18)2-3-13(14)15-4-1-11(10-19-15)16(21)20-5-7-22-8-6-20/h1-4,9-10H,5-8H2. The van der Waals surface area contributed by atoms with E-state index in [9.17, 15) is 9.18 Å². The highest BCUT2D eigenvalue weighted by molar-refractivity contribution is 6.33. The van der Waals surface area contributed by atoms with Gasteiger partial charge in [0, 0.05) is 24.8 Å². The minimum atomic E-state index is -0.395. The second kappa shape index (κ2) is 6.42. The Morgan fingerprint density at radius 1 is 1.23 bits per heavy atom. The van der Waals surface area contributed by atoms with E-state index in [-0.39, 0.29) is 5.91 Å². The van der Waals surface area contributed by atoms with Crippen molar-refractivity contribution in [1.29, 1.82) is 0 Å². The summed E-state index contributed by atoms with van der Waals surface area (Å²) in [5, 5.41) is 0.291. The van der Waals surface area contributed by atoms with Gasteiger partial charge >= 0.3 is 0 Å². The summed E-state index contributed by atoms with van der Waals surface area (Å²) < 4.78 is 18.3. The number of carbonyl (C=O) groups is 1. The van der Waals surface area contributed by atoms with Crippen LogP contribution in [0.3, 0.4) is 0 Å². The number of nitrogens with zero attached hydrogens (tertiary/aromatic N) is 2. The summed E-state index contributed by atoms with van der Waals surface area (Å²) in [6, 6.07) is 7.57. The normalized spacial score (nSPS) is 14.9. The quantitative estimate of drug-likeness (QED) is 0.854. The largest absolute Gasteiger partial charge is 0.378 e. The Balaban J connectivity index is 1.81. The molecule has 0 bridgehead atoms. The average Bonchev–Trinajstić information content (AvgIpc) is 2.55. The molecule has 0 aliphatic carbocycles. The summed E-state index contributed by atoms with van der Waals surface area (Å²) in [5.41, 5.74) is 1.75. The predicted molar refractivity (Wildman–Crippen MR) is 81.4 cm³/mol. The van der Waals surface area contributed by atoms with Gasteiger partial charge in [0.05, 0.1) is 29.5 Å². The number of aromatic nitrogens is 1. The van der Waals surface area contributed by atoms with Crippen LogP contribution in [0.5, 0.6) is 0 Å². The van der Waals surface area contributed by atoms with E-state index in [1.807, 2.05) is 0 Å². The zero-order valence-electron chi connectivity index (χ0n) is 11.8. The first-order chi connectivity index (χ1) is 10.6. The Labute approximate surface area is 132 Å². The molecule has 0 N–H and O–H groups in total. The molecule has 1 saturated heterocycles. The fourth-order valence-corrected chi connectivity index (χ4v) is 2.59. The maximum absolute atomic E-state index is 13.1. The first-order valence-corrected chi connectivity index (χ1v) is 7.31. The number of ether oxygens (including phenoxy) is 1. The molecule has 1 amide bonds. The molecule has 4 nitrogen and oxygen atoms in total. The molecule has 0 unspecified atom stereocenters. The third-order valence-electron chi connectivity index (χ3n) is 3.52. The molecule has 0 spiro atoms. The van der Waals surface area contributed by atoms with Crippen LogP contribution in [0.1, 0.15) is 10.4 Å². The summed E-state index contributed by atoms with van der Waals surface area (Å²) in [6.45, 7) is 2.29. The van der Waals surface area contributed by atoms with E-state index in [1.54, 1.807) is 23.1 Å². The predicted octanol–water partition coefficient (Wildman–Crippen LogP) is 3.01. The van der Waals surface area contributed by atoms with E-state index in [1.165, 1.54) is 18.3 Å². The molecular formula is C16H14ClFN2O2. The number of halogens is 2. The molecule has 0 atom stereocenters. The minimum absolute atomic E-state index is 0.0625. The van der Waals surface area contributed by atoms with Gasteiger partial charge < -0.3 is 9.64 Å². The number of carbonyl (C=O) groups excluding carboxylic acids is 1. The number of rotatable bonds is 2. The molecule has 3 rings (SSSR count). The van der Waals surface area contributed by atoms with Crippen LogP contribution >= 0.6 is 11.6 Å². The SMILES string of the molecule is O=C(c1ccc(-c2ccc(F)cc2Cl)nc1)N1CCOCC1. The van der Waals surface area contributed by atoms with Crippen LogP contribution in [0, 0.1) is 5.82 Å². The van der Waals surface area contributed by atoms with Crippen LogP contribution in [0.2, 0.25) is 5.02 Å². The third-order valence-corrected chi connectivity index (χ3v) is 3.83. The van der Waals surface area contributed by atoms with Gasteiger partial charge in [0.2, 0.25) is 0 Å². The van der Waals surface area contributed by atoms with Crippen LogP contribution in [-0.2, 0) is 4.74 Å². The number of amides is 1. The molecule has 1 fully saturated rings. The first kappa shape index (κ1) is 14.9. The Hall–Kier alpha value is -1.98. The van der Waals surface area contributed by atoms with Gasteiger partial charge in [-0.2, -0.15) is 0 Å². The Kier molecular flexibility index (Phi) is 4.36. The molecule has 2 aromatic rings. The number of hydrogen-bond acceptors (Lipinski definition) is 3. The zero-order valence-corrected chi connectivity index (χ0v) is 12.5. The molecule has 2 heterocycles. The molecule has 0 saturated carbocycles. The monoisotopic (exact) mass is 320 g/mol. The molecule has 1 aliphatic heterocycles. The van der Waals surface area contributed by atoms with E-state index in [0.717, 1.165) is 0 Å². The lowest BCUT2D eigenvalue weighted by Crippen LogP contribution is -2.40. The molecule has 1 aliphatic rings. The maximum Gasteiger partial charge on any atom is 0.255 e.